The summed E-state index contributed by atoms with van der Waals surface area (Å²) < 4.78 is 16.3. The molecule has 1 N–H and O–H groups in total. The molecule has 0 spiro atoms. The average molecular weight is 360 g/mol. The van der Waals surface area contributed by atoms with Crippen LogP contribution in [-0.2, 0) is 6.54 Å². The van der Waals surface area contributed by atoms with Gasteiger partial charge in [0.1, 0.15) is 5.82 Å². The molecule has 1 fully saturated rings. The topological polar surface area (TPSA) is 41.3 Å². The minimum Gasteiger partial charge on any atom is -0.391 e. The van der Waals surface area contributed by atoms with Crippen molar-refractivity contribution in [1.29, 1.82) is 0 Å². The Morgan fingerprint density at radius 2 is 2.04 bits per heavy atom. The highest BCUT2D eigenvalue weighted by Crippen LogP contribution is 2.29. The number of halogens is 2. The number of anilines is 1. The second-order valence-corrected chi connectivity index (χ2v) is 6.84. The van der Waals surface area contributed by atoms with Crippen molar-refractivity contribution < 1.29 is 9.50 Å². The van der Waals surface area contributed by atoms with E-state index in [1.54, 1.807) is 12.1 Å². The monoisotopic (exact) mass is 359 g/mol. The molecule has 1 aliphatic heterocycles. The highest BCUT2D eigenvalue weighted by atomic mass is 35.5. The third-order valence-electron chi connectivity index (χ3n) is 4.69. The van der Waals surface area contributed by atoms with E-state index in [0.717, 1.165) is 36.4 Å². The fourth-order valence-corrected chi connectivity index (χ4v) is 3.66. The summed E-state index contributed by atoms with van der Waals surface area (Å²) in [5.74, 6) is 0.425. The van der Waals surface area contributed by atoms with Gasteiger partial charge in [-0.15, -0.1) is 0 Å². The highest BCUT2D eigenvalue weighted by Gasteiger charge is 2.24. The molecule has 4 nitrogen and oxygen atoms in total. The average Bonchev–Trinajstić information content (AvgIpc) is 2.97. The predicted octanol–water partition coefficient (Wildman–Crippen LogP) is 3.84. The maximum Gasteiger partial charge on any atom is 0.206 e. The van der Waals surface area contributed by atoms with Gasteiger partial charge in [-0.25, -0.2) is 9.37 Å². The molecule has 1 saturated heterocycles. The summed E-state index contributed by atoms with van der Waals surface area (Å²) in [5.41, 5.74) is 2.23. The van der Waals surface area contributed by atoms with Gasteiger partial charge in [0.2, 0.25) is 5.95 Å². The Morgan fingerprint density at radius 3 is 2.84 bits per heavy atom. The van der Waals surface area contributed by atoms with Crippen molar-refractivity contribution in [1.82, 2.24) is 9.55 Å². The van der Waals surface area contributed by atoms with Gasteiger partial charge in [0, 0.05) is 23.7 Å². The van der Waals surface area contributed by atoms with Gasteiger partial charge in [0.05, 0.1) is 23.7 Å². The Bertz CT molecular complexity index is 891. The van der Waals surface area contributed by atoms with Crippen molar-refractivity contribution in [2.75, 3.05) is 18.0 Å². The number of aromatic nitrogens is 2. The van der Waals surface area contributed by atoms with E-state index in [1.807, 2.05) is 28.8 Å². The van der Waals surface area contributed by atoms with Crippen molar-refractivity contribution in [3.05, 3.63) is 58.9 Å². The molecule has 4 rings (SSSR count). The lowest BCUT2D eigenvalue weighted by Gasteiger charge is -2.31. The van der Waals surface area contributed by atoms with Gasteiger partial charge in [-0.2, -0.15) is 0 Å². The lowest BCUT2D eigenvalue weighted by molar-refractivity contribution is 0.153. The van der Waals surface area contributed by atoms with Crippen molar-refractivity contribution >= 4 is 28.6 Å². The van der Waals surface area contributed by atoms with Gasteiger partial charge < -0.3 is 14.6 Å². The molecule has 0 aliphatic carbocycles. The number of rotatable bonds is 3. The van der Waals surface area contributed by atoms with Crippen molar-refractivity contribution in [2.45, 2.75) is 25.5 Å². The normalized spacial score (nSPS) is 18.0. The molecule has 0 amide bonds. The first-order chi connectivity index (χ1) is 12.1. The summed E-state index contributed by atoms with van der Waals surface area (Å²) in [6, 6.07) is 12.5. The first-order valence-electron chi connectivity index (χ1n) is 8.44. The van der Waals surface area contributed by atoms with Crippen LogP contribution in [0, 0.1) is 5.82 Å². The molecule has 1 atom stereocenters. The number of imidazole rings is 1. The molecule has 3 aromatic rings. The number of piperidine rings is 1. The molecule has 2 aromatic carbocycles. The minimum atomic E-state index is -0.362. The summed E-state index contributed by atoms with van der Waals surface area (Å²) in [6.07, 6.45) is 1.35. The van der Waals surface area contributed by atoms with E-state index in [4.69, 9.17) is 16.6 Å². The Morgan fingerprint density at radius 1 is 1.20 bits per heavy atom. The van der Waals surface area contributed by atoms with Gasteiger partial charge >= 0.3 is 0 Å². The Labute approximate surface area is 150 Å². The summed E-state index contributed by atoms with van der Waals surface area (Å²) in [4.78, 5) is 6.81. The molecule has 0 unspecified atom stereocenters. The summed E-state index contributed by atoms with van der Waals surface area (Å²) in [6.45, 7) is 1.66. The van der Waals surface area contributed by atoms with Crippen LogP contribution in [0.15, 0.2) is 42.5 Å². The number of fused-ring (bicyclic) bond motifs is 1. The number of para-hydroxylation sites is 2. The number of aliphatic hydroxyl groups is 1. The van der Waals surface area contributed by atoms with Crippen molar-refractivity contribution in [3.8, 4) is 0 Å². The van der Waals surface area contributed by atoms with Gasteiger partial charge in [-0.1, -0.05) is 29.8 Å². The van der Waals surface area contributed by atoms with E-state index in [-0.39, 0.29) is 11.9 Å². The van der Waals surface area contributed by atoms with E-state index in [1.165, 1.54) is 6.07 Å². The molecule has 6 heteroatoms. The standard InChI is InChI=1S/C19H19ClFN3O/c20-15-6-3-7-16(21)14(15)12-24-18-9-2-1-8-17(18)22-19(24)23-10-4-5-13(25)11-23/h1-3,6-9,13,25H,4-5,10-12H2/t13-/m1/s1. The SMILES string of the molecule is O[C@@H]1CCCN(c2nc3ccccc3n2Cc2c(F)cccc2Cl)C1. The molecule has 0 radical (unpaired) electrons. The first kappa shape index (κ1) is 16.4. The molecule has 1 aromatic heterocycles. The number of hydrogen-bond donors (Lipinski definition) is 1. The first-order valence-corrected chi connectivity index (χ1v) is 8.82. The summed E-state index contributed by atoms with van der Waals surface area (Å²) in [7, 11) is 0. The third kappa shape index (κ3) is 3.10. The van der Waals surface area contributed by atoms with E-state index < -0.39 is 0 Å². The van der Waals surface area contributed by atoms with E-state index in [0.29, 0.717) is 23.7 Å². The molecule has 0 saturated carbocycles. The zero-order chi connectivity index (χ0) is 17.4. The fraction of sp³-hybridized carbons (Fsp3) is 0.316. The maximum absolute atomic E-state index is 14.3. The number of hydrogen-bond acceptors (Lipinski definition) is 3. The van der Waals surface area contributed by atoms with Crippen LogP contribution in [0.2, 0.25) is 5.02 Å². The van der Waals surface area contributed by atoms with Crippen LogP contribution < -0.4 is 4.90 Å². The van der Waals surface area contributed by atoms with Crippen LogP contribution in [0.25, 0.3) is 11.0 Å². The summed E-state index contributed by atoms with van der Waals surface area (Å²) in [5, 5.41) is 10.4. The lowest BCUT2D eigenvalue weighted by Crippen LogP contribution is -2.39. The molecular weight excluding hydrogens is 341 g/mol. The van der Waals surface area contributed by atoms with E-state index in [2.05, 4.69) is 4.90 Å². The van der Waals surface area contributed by atoms with Crippen LogP contribution in [-0.4, -0.2) is 33.9 Å². The van der Waals surface area contributed by atoms with Crippen LogP contribution >= 0.6 is 11.6 Å². The Kier molecular flexibility index (Phi) is 4.36. The Balaban J connectivity index is 1.82. The number of aliphatic hydroxyl groups excluding tert-OH is 1. The van der Waals surface area contributed by atoms with Crippen molar-refractivity contribution in [2.24, 2.45) is 0 Å². The second kappa shape index (κ2) is 6.65. The van der Waals surface area contributed by atoms with Gasteiger partial charge in [0.25, 0.3) is 0 Å². The lowest BCUT2D eigenvalue weighted by atomic mass is 10.1. The Hall–Kier alpha value is -2.11. The second-order valence-electron chi connectivity index (χ2n) is 6.43. The molecular formula is C19H19ClFN3O. The number of nitrogens with zero attached hydrogens (tertiary/aromatic N) is 3. The number of benzene rings is 2. The predicted molar refractivity (Wildman–Crippen MR) is 97.7 cm³/mol. The van der Waals surface area contributed by atoms with Gasteiger partial charge in [-0.05, 0) is 37.1 Å². The third-order valence-corrected chi connectivity index (χ3v) is 5.05. The molecule has 130 valence electrons. The molecule has 25 heavy (non-hydrogen) atoms. The van der Waals surface area contributed by atoms with Crippen LogP contribution in [0.4, 0.5) is 10.3 Å². The van der Waals surface area contributed by atoms with Crippen LogP contribution in [0.5, 0.6) is 0 Å². The zero-order valence-corrected chi connectivity index (χ0v) is 14.5. The van der Waals surface area contributed by atoms with Crippen LogP contribution in [0.1, 0.15) is 18.4 Å². The summed E-state index contributed by atoms with van der Waals surface area (Å²) >= 11 is 6.23. The van der Waals surface area contributed by atoms with E-state index in [9.17, 15) is 9.50 Å². The number of β-amino-alcohol motifs (C(OH)–C–C–N with tert-alkyl or cyclic N) is 1. The molecule has 2 heterocycles. The highest BCUT2D eigenvalue weighted by molar-refractivity contribution is 6.31. The minimum absolute atomic E-state index is 0.300. The zero-order valence-electron chi connectivity index (χ0n) is 13.7. The van der Waals surface area contributed by atoms with Gasteiger partial charge in [-0.3, -0.25) is 0 Å². The quantitative estimate of drug-likeness (QED) is 0.772. The van der Waals surface area contributed by atoms with E-state index >= 15 is 0 Å². The smallest absolute Gasteiger partial charge is 0.206 e. The van der Waals surface area contributed by atoms with Gasteiger partial charge in [0.15, 0.2) is 0 Å². The maximum atomic E-state index is 14.3. The fourth-order valence-electron chi connectivity index (χ4n) is 3.44. The van der Waals surface area contributed by atoms with Crippen LogP contribution in [0.3, 0.4) is 0 Å². The molecule has 1 aliphatic rings. The largest absolute Gasteiger partial charge is 0.391 e. The molecule has 0 bridgehead atoms. The van der Waals surface area contributed by atoms with Crippen molar-refractivity contribution in [3.63, 3.8) is 0 Å².